The Balaban J connectivity index is 1.71. The van der Waals surface area contributed by atoms with Crippen LogP contribution in [0.25, 0.3) is 0 Å². The molecule has 2 aromatic rings. The summed E-state index contributed by atoms with van der Waals surface area (Å²) in [6.45, 7) is 0.0506. The summed E-state index contributed by atoms with van der Waals surface area (Å²) < 4.78 is 89.6. The number of nitrogens with zero attached hydrogens (tertiary/aromatic N) is 3. The van der Waals surface area contributed by atoms with Gasteiger partial charge < -0.3 is 9.47 Å². The van der Waals surface area contributed by atoms with Crippen molar-refractivity contribution < 1.29 is 50.2 Å². The number of carbonyl (C=O) groups is 3. The standard InChI is InChI=1S/C27H23F6N3O5/c1-35-23-22(24(38)36(25(35)39)10-3-11-40-15-37)20(12-16-6-8-17(9-7-16)26(28,29)30)21(14-34-23)41-19-5-2-4-18(13-19)27(31,32)33/h2,4-9,13-15,20,22H,3,10-12H2,1H3. The topological polar surface area (TPSA) is 88.5 Å². The number of benzene rings is 2. The molecule has 3 amide bonds. The average molecular weight is 583 g/mol. The maximum atomic E-state index is 13.7. The lowest BCUT2D eigenvalue weighted by Gasteiger charge is -2.42. The number of halogens is 6. The van der Waals surface area contributed by atoms with Crippen molar-refractivity contribution in [2.75, 3.05) is 20.2 Å². The summed E-state index contributed by atoms with van der Waals surface area (Å²) in [6.07, 6.45) is -7.97. The van der Waals surface area contributed by atoms with Gasteiger partial charge in [0.25, 0.3) is 6.47 Å². The Morgan fingerprint density at radius 3 is 2.29 bits per heavy atom. The highest BCUT2D eigenvalue weighted by Crippen LogP contribution is 2.38. The number of hydrogen-bond donors (Lipinski definition) is 0. The minimum atomic E-state index is -4.65. The molecule has 41 heavy (non-hydrogen) atoms. The molecule has 2 unspecified atom stereocenters. The summed E-state index contributed by atoms with van der Waals surface area (Å²) in [7, 11) is 1.39. The van der Waals surface area contributed by atoms with Crippen LogP contribution in [0.1, 0.15) is 23.1 Å². The predicted molar refractivity (Wildman–Crippen MR) is 131 cm³/mol. The van der Waals surface area contributed by atoms with Crippen molar-refractivity contribution in [1.82, 2.24) is 9.80 Å². The van der Waals surface area contributed by atoms with Crippen LogP contribution in [0, 0.1) is 11.8 Å². The van der Waals surface area contributed by atoms with E-state index < -0.39 is 47.3 Å². The van der Waals surface area contributed by atoms with Crippen molar-refractivity contribution >= 4 is 24.2 Å². The van der Waals surface area contributed by atoms with Gasteiger partial charge in [0, 0.05) is 19.5 Å². The maximum Gasteiger partial charge on any atom is 0.416 e. The molecule has 0 N–H and O–H groups in total. The summed E-state index contributed by atoms with van der Waals surface area (Å²) in [5, 5.41) is 0. The molecule has 4 rings (SSSR count). The summed E-state index contributed by atoms with van der Waals surface area (Å²) >= 11 is 0. The number of alkyl halides is 6. The molecule has 1 saturated heterocycles. The minimum absolute atomic E-state index is 0.0155. The van der Waals surface area contributed by atoms with Crippen LogP contribution in [0.2, 0.25) is 0 Å². The van der Waals surface area contributed by atoms with Gasteiger partial charge >= 0.3 is 18.4 Å². The average Bonchev–Trinajstić information content (AvgIpc) is 2.91. The lowest BCUT2D eigenvalue weighted by molar-refractivity contribution is -0.138. The fraction of sp³-hybridized carbons (Fsp3) is 0.333. The second-order valence-corrected chi connectivity index (χ2v) is 9.28. The predicted octanol–water partition coefficient (Wildman–Crippen LogP) is 5.29. The van der Waals surface area contributed by atoms with Crippen LogP contribution in [0.5, 0.6) is 5.75 Å². The Bertz CT molecular complexity index is 1370. The SMILES string of the molecule is CN1C(=O)N(CCCOC=O)C(=O)C2C1=NC=C(Oc1cccc(C(F)(F)F)c1)C2Cc1ccc(C(F)(F)F)cc1. The van der Waals surface area contributed by atoms with Crippen molar-refractivity contribution in [3.05, 3.63) is 77.2 Å². The van der Waals surface area contributed by atoms with Crippen molar-refractivity contribution in [2.45, 2.75) is 25.2 Å². The maximum absolute atomic E-state index is 13.7. The van der Waals surface area contributed by atoms with Crippen LogP contribution in [0.3, 0.4) is 0 Å². The van der Waals surface area contributed by atoms with Crippen LogP contribution >= 0.6 is 0 Å². The first-order valence-electron chi connectivity index (χ1n) is 12.2. The van der Waals surface area contributed by atoms with Crippen LogP contribution in [0.15, 0.2) is 65.5 Å². The second-order valence-electron chi connectivity index (χ2n) is 9.28. The van der Waals surface area contributed by atoms with E-state index in [2.05, 4.69) is 9.73 Å². The van der Waals surface area contributed by atoms with E-state index in [1.807, 2.05) is 0 Å². The van der Waals surface area contributed by atoms with Crippen molar-refractivity contribution in [3.63, 3.8) is 0 Å². The Labute approximate surface area is 229 Å². The molecule has 8 nitrogen and oxygen atoms in total. The first-order chi connectivity index (χ1) is 19.3. The molecule has 0 spiro atoms. The fourth-order valence-electron chi connectivity index (χ4n) is 4.61. The van der Waals surface area contributed by atoms with E-state index >= 15 is 0 Å². The van der Waals surface area contributed by atoms with E-state index in [0.717, 1.165) is 40.1 Å². The van der Waals surface area contributed by atoms with E-state index in [-0.39, 0.29) is 49.8 Å². The first-order valence-corrected chi connectivity index (χ1v) is 12.2. The van der Waals surface area contributed by atoms with Gasteiger partial charge in [-0.2, -0.15) is 26.3 Å². The van der Waals surface area contributed by atoms with Crippen molar-refractivity contribution in [1.29, 1.82) is 0 Å². The molecule has 2 heterocycles. The van der Waals surface area contributed by atoms with Gasteiger partial charge in [0.15, 0.2) is 0 Å². The van der Waals surface area contributed by atoms with Gasteiger partial charge in [-0.15, -0.1) is 0 Å². The largest absolute Gasteiger partial charge is 0.468 e. The highest BCUT2D eigenvalue weighted by Gasteiger charge is 2.49. The molecule has 2 aromatic carbocycles. The zero-order valence-corrected chi connectivity index (χ0v) is 21.4. The fourth-order valence-corrected chi connectivity index (χ4v) is 4.61. The number of imide groups is 1. The van der Waals surface area contributed by atoms with Gasteiger partial charge in [-0.1, -0.05) is 18.2 Å². The van der Waals surface area contributed by atoms with E-state index in [0.29, 0.717) is 5.56 Å². The Hall–Kier alpha value is -4.36. The van der Waals surface area contributed by atoms with Crippen molar-refractivity contribution in [2.24, 2.45) is 16.8 Å². The van der Waals surface area contributed by atoms with Gasteiger partial charge in [0.05, 0.1) is 23.9 Å². The zero-order chi connectivity index (χ0) is 29.9. The normalized spacial score (nSPS) is 19.4. The smallest absolute Gasteiger partial charge is 0.416 e. The molecule has 0 radical (unpaired) electrons. The molecule has 0 aromatic heterocycles. The number of aliphatic imine (C=N–C) groups is 1. The summed E-state index contributed by atoms with van der Waals surface area (Å²) in [4.78, 5) is 43.3. The molecule has 218 valence electrons. The van der Waals surface area contributed by atoms with E-state index in [1.54, 1.807) is 0 Å². The third-order valence-electron chi connectivity index (χ3n) is 6.61. The highest BCUT2D eigenvalue weighted by atomic mass is 19.4. The highest BCUT2D eigenvalue weighted by molar-refractivity contribution is 6.18. The summed E-state index contributed by atoms with van der Waals surface area (Å²) in [5.74, 6) is -2.96. The molecule has 2 aliphatic rings. The summed E-state index contributed by atoms with van der Waals surface area (Å²) in [6, 6.07) is 7.57. The molecule has 0 aliphatic carbocycles. The Morgan fingerprint density at radius 1 is 0.976 bits per heavy atom. The molecular formula is C27H23F6N3O5. The number of amidine groups is 1. The minimum Gasteiger partial charge on any atom is -0.468 e. The van der Waals surface area contributed by atoms with E-state index in [9.17, 15) is 40.7 Å². The van der Waals surface area contributed by atoms with Gasteiger partial charge in [-0.25, -0.2) is 9.79 Å². The number of fused-ring (bicyclic) bond motifs is 1. The number of carbonyl (C=O) groups excluding carboxylic acids is 3. The Morgan fingerprint density at radius 2 is 1.66 bits per heavy atom. The first kappa shape index (κ1) is 29.6. The third kappa shape index (κ3) is 6.52. The monoisotopic (exact) mass is 583 g/mol. The number of urea groups is 1. The number of ether oxygens (including phenoxy) is 2. The molecule has 14 heteroatoms. The number of allylic oxidation sites excluding steroid dienone is 1. The molecule has 0 bridgehead atoms. The van der Waals surface area contributed by atoms with Crippen LogP contribution in [-0.4, -0.2) is 54.2 Å². The molecule has 2 atom stereocenters. The Kier molecular flexibility index (Phi) is 8.40. The molecule has 2 aliphatic heterocycles. The second kappa shape index (κ2) is 11.6. The third-order valence-corrected chi connectivity index (χ3v) is 6.61. The number of amides is 3. The van der Waals surface area contributed by atoms with Gasteiger partial charge in [-0.3, -0.25) is 19.4 Å². The van der Waals surface area contributed by atoms with Gasteiger partial charge in [0.1, 0.15) is 23.3 Å². The lowest BCUT2D eigenvalue weighted by Crippen LogP contribution is -2.61. The molecule has 0 saturated carbocycles. The number of rotatable bonds is 9. The quantitative estimate of drug-likeness (QED) is 0.228. The lowest BCUT2D eigenvalue weighted by atomic mass is 9.80. The van der Waals surface area contributed by atoms with Crippen LogP contribution in [-0.2, 0) is 33.1 Å². The zero-order valence-electron chi connectivity index (χ0n) is 21.4. The number of hydrogen-bond acceptors (Lipinski definition) is 6. The van der Waals surface area contributed by atoms with E-state index in [4.69, 9.17) is 4.74 Å². The van der Waals surface area contributed by atoms with Gasteiger partial charge in [-0.05, 0) is 48.7 Å². The van der Waals surface area contributed by atoms with Crippen LogP contribution in [0.4, 0.5) is 31.1 Å². The van der Waals surface area contributed by atoms with Crippen molar-refractivity contribution in [3.8, 4) is 5.75 Å². The van der Waals surface area contributed by atoms with Crippen LogP contribution < -0.4 is 4.74 Å². The molecular weight excluding hydrogens is 560 g/mol. The summed E-state index contributed by atoms with van der Waals surface area (Å²) in [5.41, 5.74) is -1.48. The van der Waals surface area contributed by atoms with Gasteiger partial charge in [0.2, 0.25) is 5.91 Å². The van der Waals surface area contributed by atoms with E-state index in [1.165, 1.54) is 31.4 Å². The molecule has 1 fully saturated rings.